The lowest BCUT2D eigenvalue weighted by Crippen LogP contribution is -2.21. The number of aromatic nitrogens is 4. The largest absolute Gasteiger partial charge is 0.489 e. The van der Waals surface area contributed by atoms with Crippen LogP contribution in [0.1, 0.15) is 39.6 Å². The van der Waals surface area contributed by atoms with Crippen molar-refractivity contribution in [1.29, 1.82) is 0 Å². The zero-order chi connectivity index (χ0) is 21.3. The molecule has 0 bridgehead atoms. The van der Waals surface area contributed by atoms with E-state index in [-0.39, 0.29) is 23.5 Å². The van der Waals surface area contributed by atoms with Gasteiger partial charge >= 0.3 is 0 Å². The van der Waals surface area contributed by atoms with Crippen molar-refractivity contribution in [3.63, 3.8) is 0 Å². The van der Waals surface area contributed by atoms with Crippen molar-refractivity contribution in [1.82, 2.24) is 20.4 Å². The van der Waals surface area contributed by atoms with Gasteiger partial charge in [0.15, 0.2) is 0 Å². The van der Waals surface area contributed by atoms with Crippen molar-refractivity contribution in [3.05, 3.63) is 107 Å². The molecule has 0 aliphatic rings. The van der Waals surface area contributed by atoms with Crippen molar-refractivity contribution in [2.45, 2.75) is 26.4 Å². The van der Waals surface area contributed by atoms with Crippen molar-refractivity contribution < 1.29 is 4.74 Å². The van der Waals surface area contributed by atoms with Crippen LogP contribution < -0.4 is 15.9 Å². The maximum absolute atomic E-state index is 12.6. The molecule has 0 fully saturated rings. The Hall–Kier alpha value is -2.97. The van der Waals surface area contributed by atoms with Crippen LogP contribution in [0.5, 0.6) is 5.75 Å². The van der Waals surface area contributed by atoms with Gasteiger partial charge in [0, 0.05) is 21.4 Å². The molecule has 4 N–H and O–H groups in total. The van der Waals surface area contributed by atoms with E-state index in [1.165, 1.54) is 0 Å². The maximum Gasteiger partial charge on any atom is 0.268 e. The minimum atomic E-state index is -0.587. The van der Waals surface area contributed by atoms with Gasteiger partial charge in [-0.1, -0.05) is 46.3 Å². The second-order valence-corrected chi connectivity index (χ2v) is 8.04. The summed E-state index contributed by atoms with van der Waals surface area (Å²) in [6.45, 7) is 3.98. The lowest BCUT2D eigenvalue weighted by molar-refractivity contribution is 0.302. The van der Waals surface area contributed by atoms with Crippen LogP contribution in [0.4, 0.5) is 0 Å². The summed E-state index contributed by atoms with van der Waals surface area (Å²) in [6.07, 6.45) is 0. The van der Waals surface area contributed by atoms with E-state index in [1.807, 2.05) is 62.4 Å². The molecule has 0 aliphatic carbocycles. The maximum atomic E-state index is 12.6. The normalized spacial score (nSPS) is 10.8. The summed E-state index contributed by atoms with van der Waals surface area (Å²) < 4.78 is 7.14. The molecule has 7 nitrogen and oxygen atoms in total. The molecule has 9 heteroatoms. The van der Waals surface area contributed by atoms with Crippen LogP contribution in [0, 0.1) is 13.8 Å². The fourth-order valence-corrected chi connectivity index (χ4v) is 3.92. The molecule has 2 aromatic heterocycles. The first-order chi connectivity index (χ1) is 14.5. The predicted molar refractivity (Wildman–Crippen MR) is 125 cm³/mol. The number of ether oxygens (including phenoxy) is 1. The van der Waals surface area contributed by atoms with E-state index in [0.717, 1.165) is 15.6 Å². The summed E-state index contributed by atoms with van der Waals surface area (Å²) in [6, 6.07) is 15.4. The Morgan fingerprint density at radius 2 is 1.39 bits per heavy atom. The molecule has 0 aliphatic heterocycles. The number of hydrogen-bond donors (Lipinski definition) is 4. The van der Waals surface area contributed by atoms with Gasteiger partial charge < -0.3 is 14.9 Å². The van der Waals surface area contributed by atoms with E-state index < -0.39 is 5.92 Å². The number of hydrogen-bond acceptors (Lipinski definition) is 3. The first-order valence-corrected chi connectivity index (χ1v) is 10.3. The highest BCUT2D eigenvalue weighted by Crippen LogP contribution is 2.36. The standard InChI is InChI=1S/C22H21BrN4O3.ClH/c1-12-18(21(28)26-24-12)20(19-13(2)25-27-22(19)29)16-5-3-4-6-17(16)30-11-14-7-9-15(23)10-8-14;/h3-10,20H,11H2,1-2H3,(H2,24,26,28)(H2,25,27,29);1H. The monoisotopic (exact) mass is 504 g/mol. The number of nitrogens with one attached hydrogen (secondary N) is 4. The number of benzene rings is 2. The minimum absolute atomic E-state index is 0. The average Bonchev–Trinajstić information content (AvgIpc) is 3.25. The Balaban J connectivity index is 0.00000272. The predicted octanol–water partition coefficient (Wildman–Crippen LogP) is 4.28. The van der Waals surface area contributed by atoms with E-state index in [4.69, 9.17) is 4.74 Å². The molecule has 4 rings (SSSR count). The topological polar surface area (TPSA) is 107 Å². The third-order valence-corrected chi connectivity index (χ3v) is 5.67. The lowest BCUT2D eigenvalue weighted by atomic mass is 9.85. The molecule has 31 heavy (non-hydrogen) atoms. The molecule has 2 aromatic carbocycles. The van der Waals surface area contributed by atoms with Gasteiger partial charge in [-0.15, -0.1) is 12.4 Å². The van der Waals surface area contributed by atoms with Crippen molar-refractivity contribution in [2.75, 3.05) is 0 Å². The van der Waals surface area contributed by atoms with E-state index in [2.05, 4.69) is 36.3 Å². The van der Waals surface area contributed by atoms with Gasteiger partial charge in [-0.05, 0) is 37.6 Å². The molecular formula is C22H22BrClN4O3. The van der Waals surface area contributed by atoms with Gasteiger partial charge in [0.2, 0.25) is 0 Å². The quantitative estimate of drug-likeness (QED) is 0.314. The van der Waals surface area contributed by atoms with Crippen LogP contribution in [-0.2, 0) is 6.61 Å². The first-order valence-electron chi connectivity index (χ1n) is 9.46. The van der Waals surface area contributed by atoms with Crippen LogP contribution in [0.25, 0.3) is 0 Å². The highest BCUT2D eigenvalue weighted by Gasteiger charge is 2.30. The fraction of sp³-hybridized carbons (Fsp3) is 0.182. The van der Waals surface area contributed by atoms with Gasteiger partial charge in [0.1, 0.15) is 12.4 Å². The summed E-state index contributed by atoms with van der Waals surface area (Å²) in [5, 5.41) is 11.0. The van der Waals surface area contributed by atoms with Gasteiger partial charge in [-0.2, -0.15) is 0 Å². The Morgan fingerprint density at radius 1 is 0.839 bits per heavy atom. The fourth-order valence-electron chi connectivity index (χ4n) is 3.65. The number of aryl methyl sites for hydroxylation is 2. The molecular weight excluding hydrogens is 484 g/mol. The smallest absolute Gasteiger partial charge is 0.268 e. The van der Waals surface area contributed by atoms with Crippen molar-refractivity contribution in [2.24, 2.45) is 0 Å². The molecule has 0 unspecified atom stereocenters. The third-order valence-electron chi connectivity index (χ3n) is 5.14. The highest BCUT2D eigenvalue weighted by molar-refractivity contribution is 9.10. The number of para-hydroxylation sites is 1. The molecule has 0 saturated carbocycles. The van der Waals surface area contributed by atoms with Gasteiger partial charge in [0.25, 0.3) is 11.1 Å². The number of H-pyrrole nitrogens is 4. The Bertz CT molecular complexity index is 1230. The molecule has 0 radical (unpaired) electrons. The second kappa shape index (κ2) is 9.45. The highest BCUT2D eigenvalue weighted by atomic mass is 79.9. The van der Waals surface area contributed by atoms with Gasteiger partial charge in [-0.25, -0.2) is 0 Å². The summed E-state index contributed by atoms with van der Waals surface area (Å²) in [5.41, 5.74) is 3.55. The lowest BCUT2D eigenvalue weighted by Gasteiger charge is -2.20. The number of rotatable bonds is 6. The van der Waals surface area contributed by atoms with Gasteiger partial charge in [0.05, 0.1) is 17.0 Å². The van der Waals surface area contributed by atoms with Crippen LogP contribution in [-0.4, -0.2) is 20.4 Å². The van der Waals surface area contributed by atoms with Crippen LogP contribution in [0.2, 0.25) is 0 Å². The minimum Gasteiger partial charge on any atom is -0.489 e. The second-order valence-electron chi connectivity index (χ2n) is 7.12. The summed E-state index contributed by atoms with van der Waals surface area (Å²) in [5.74, 6) is 0.0292. The SMILES string of the molecule is Cc1[nH][nH]c(=O)c1C(c1ccccc1OCc1ccc(Br)cc1)c1c(C)[nH][nH]c1=O.Cl. The molecule has 2 heterocycles. The molecule has 0 spiro atoms. The Labute approximate surface area is 192 Å². The number of aromatic amines is 4. The summed E-state index contributed by atoms with van der Waals surface area (Å²) in [7, 11) is 0. The van der Waals surface area contributed by atoms with Crippen molar-refractivity contribution >= 4 is 28.3 Å². The zero-order valence-electron chi connectivity index (χ0n) is 16.9. The number of halogens is 2. The summed E-state index contributed by atoms with van der Waals surface area (Å²) >= 11 is 3.43. The van der Waals surface area contributed by atoms with E-state index in [9.17, 15) is 9.59 Å². The Morgan fingerprint density at radius 3 is 1.90 bits per heavy atom. The summed E-state index contributed by atoms with van der Waals surface area (Å²) in [4.78, 5) is 25.3. The van der Waals surface area contributed by atoms with E-state index >= 15 is 0 Å². The molecule has 0 atom stereocenters. The van der Waals surface area contributed by atoms with Crippen LogP contribution in [0.3, 0.4) is 0 Å². The van der Waals surface area contributed by atoms with E-state index in [0.29, 0.717) is 34.9 Å². The third kappa shape index (κ3) is 4.55. The van der Waals surface area contributed by atoms with Crippen LogP contribution in [0.15, 0.2) is 62.6 Å². The molecule has 0 amide bonds. The van der Waals surface area contributed by atoms with Gasteiger partial charge in [-0.3, -0.25) is 19.8 Å². The Kier molecular flexibility index (Phi) is 6.92. The molecule has 162 valence electrons. The molecule has 0 saturated heterocycles. The van der Waals surface area contributed by atoms with Crippen LogP contribution >= 0.6 is 28.3 Å². The van der Waals surface area contributed by atoms with Crippen molar-refractivity contribution in [3.8, 4) is 5.75 Å². The molecule has 4 aromatic rings. The first kappa shape index (κ1) is 22.7. The average molecular weight is 506 g/mol. The van der Waals surface area contributed by atoms with E-state index in [1.54, 1.807) is 0 Å². The zero-order valence-corrected chi connectivity index (χ0v) is 19.3.